The second-order valence-electron chi connectivity index (χ2n) is 4.29. The molecule has 1 aliphatic heterocycles. The first kappa shape index (κ1) is 11.8. The molecule has 0 spiro atoms. The lowest BCUT2D eigenvalue weighted by molar-refractivity contribution is 0.622. The van der Waals surface area contributed by atoms with Crippen molar-refractivity contribution in [2.75, 3.05) is 6.54 Å². The van der Waals surface area contributed by atoms with Gasteiger partial charge in [-0.25, -0.2) is 0 Å². The van der Waals surface area contributed by atoms with Crippen LogP contribution >= 0.6 is 39.1 Å². The van der Waals surface area contributed by atoms with Crippen LogP contribution in [0.3, 0.4) is 0 Å². The van der Waals surface area contributed by atoms with E-state index in [9.17, 15) is 0 Å². The summed E-state index contributed by atoms with van der Waals surface area (Å²) in [5.41, 5.74) is 3.71. The van der Waals surface area contributed by atoms with Crippen LogP contribution in [0.4, 0.5) is 0 Å². The average molecular weight is 334 g/mol. The van der Waals surface area contributed by atoms with Crippen molar-refractivity contribution in [1.82, 2.24) is 9.88 Å². The van der Waals surface area contributed by atoms with E-state index in [1.807, 2.05) is 6.07 Å². The van der Waals surface area contributed by atoms with E-state index in [2.05, 4.69) is 32.9 Å². The number of benzene rings is 1. The van der Waals surface area contributed by atoms with Gasteiger partial charge in [0, 0.05) is 42.1 Å². The summed E-state index contributed by atoms with van der Waals surface area (Å²) < 4.78 is 3.19. The Labute approximate surface area is 118 Å². The van der Waals surface area contributed by atoms with Gasteiger partial charge in [0.05, 0.1) is 15.6 Å². The smallest absolute Gasteiger partial charge is 0.0836 e. The van der Waals surface area contributed by atoms with Crippen molar-refractivity contribution in [2.24, 2.45) is 7.05 Å². The first-order valence-electron chi connectivity index (χ1n) is 5.45. The maximum absolute atomic E-state index is 6.33. The van der Waals surface area contributed by atoms with Gasteiger partial charge in [-0.05, 0) is 11.6 Å². The van der Waals surface area contributed by atoms with E-state index in [1.54, 1.807) is 0 Å². The highest BCUT2D eigenvalue weighted by Crippen LogP contribution is 2.40. The minimum absolute atomic E-state index is 0.594. The van der Waals surface area contributed by atoms with Crippen molar-refractivity contribution in [2.45, 2.75) is 13.0 Å². The molecule has 0 aliphatic carbocycles. The van der Waals surface area contributed by atoms with Crippen LogP contribution < -0.4 is 5.32 Å². The third-order valence-corrected chi connectivity index (χ3v) is 4.78. The zero-order valence-electron chi connectivity index (χ0n) is 9.28. The van der Waals surface area contributed by atoms with Crippen molar-refractivity contribution in [3.8, 4) is 0 Å². The van der Waals surface area contributed by atoms with Gasteiger partial charge in [-0.2, -0.15) is 0 Å². The maximum Gasteiger partial charge on any atom is 0.0836 e. The number of hydrogen-bond acceptors (Lipinski definition) is 1. The summed E-state index contributed by atoms with van der Waals surface area (Å²) in [7, 11) is 2.06. The number of halogens is 3. The van der Waals surface area contributed by atoms with E-state index in [4.69, 9.17) is 23.2 Å². The predicted molar refractivity (Wildman–Crippen MR) is 76.0 cm³/mol. The lowest BCUT2D eigenvalue weighted by Crippen LogP contribution is -2.24. The summed E-state index contributed by atoms with van der Waals surface area (Å²) in [5.74, 6) is 0. The average Bonchev–Trinajstić information content (AvgIpc) is 2.61. The van der Waals surface area contributed by atoms with Crippen LogP contribution in [-0.2, 0) is 20.0 Å². The highest BCUT2D eigenvalue weighted by Gasteiger charge is 2.22. The van der Waals surface area contributed by atoms with Gasteiger partial charge in [-0.3, -0.25) is 0 Å². The number of hydrogen-bond donors (Lipinski definition) is 1. The summed E-state index contributed by atoms with van der Waals surface area (Å²) >= 11 is 16.1. The van der Waals surface area contributed by atoms with Gasteiger partial charge in [0.25, 0.3) is 0 Å². The molecule has 0 amide bonds. The normalized spacial score (nSPS) is 15.3. The maximum atomic E-state index is 6.33. The zero-order valence-corrected chi connectivity index (χ0v) is 12.4. The molecule has 0 unspecified atom stereocenters. The monoisotopic (exact) mass is 332 g/mol. The number of nitrogens with zero attached hydrogens (tertiary/aromatic N) is 1. The Kier molecular flexibility index (Phi) is 2.90. The Balaban J connectivity index is 2.50. The van der Waals surface area contributed by atoms with Crippen LogP contribution in [0.15, 0.2) is 10.5 Å². The third-order valence-electron chi connectivity index (χ3n) is 3.38. The van der Waals surface area contributed by atoms with Gasteiger partial charge < -0.3 is 9.88 Å². The molecule has 2 heterocycles. The lowest BCUT2D eigenvalue weighted by Gasteiger charge is -2.14. The highest BCUT2D eigenvalue weighted by molar-refractivity contribution is 9.10. The van der Waals surface area contributed by atoms with Crippen molar-refractivity contribution in [3.05, 3.63) is 31.8 Å². The molecule has 17 heavy (non-hydrogen) atoms. The molecule has 0 bridgehead atoms. The number of nitrogens with one attached hydrogen (secondary N) is 1. The second-order valence-corrected chi connectivity index (χ2v) is 5.93. The van der Waals surface area contributed by atoms with Gasteiger partial charge in [0.15, 0.2) is 0 Å². The molecule has 1 N–H and O–H groups in total. The third kappa shape index (κ3) is 1.64. The minimum Gasteiger partial charge on any atom is -0.346 e. The Morgan fingerprint density at radius 2 is 2.18 bits per heavy atom. The summed E-state index contributed by atoms with van der Waals surface area (Å²) in [5, 5.41) is 5.82. The number of fused-ring (bicyclic) bond motifs is 3. The Morgan fingerprint density at radius 3 is 2.94 bits per heavy atom. The van der Waals surface area contributed by atoms with Crippen molar-refractivity contribution in [3.63, 3.8) is 0 Å². The van der Waals surface area contributed by atoms with Crippen molar-refractivity contribution in [1.29, 1.82) is 0 Å². The lowest BCUT2D eigenvalue weighted by atomic mass is 10.1. The molecule has 0 saturated carbocycles. The van der Waals surface area contributed by atoms with Crippen LogP contribution in [0, 0.1) is 0 Å². The first-order valence-corrected chi connectivity index (χ1v) is 7.00. The van der Waals surface area contributed by atoms with E-state index < -0.39 is 0 Å². The SMILES string of the molecule is Cn1c2c(c3c(Br)cc(Cl)c(Cl)c31)CNCC2. The minimum atomic E-state index is 0.594. The Bertz CT molecular complexity index is 619. The molecule has 0 fully saturated rings. The molecule has 0 radical (unpaired) electrons. The summed E-state index contributed by atoms with van der Waals surface area (Å²) in [6.07, 6.45) is 1.03. The van der Waals surface area contributed by atoms with Crippen LogP contribution in [0.1, 0.15) is 11.3 Å². The van der Waals surface area contributed by atoms with E-state index in [1.165, 1.54) is 16.6 Å². The molecular formula is C12H11BrCl2N2. The second kappa shape index (κ2) is 4.16. The summed E-state index contributed by atoms with van der Waals surface area (Å²) in [6, 6.07) is 1.88. The van der Waals surface area contributed by atoms with E-state index in [0.717, 1.165) is 29.5 Å². The highest BCUT2D eigenvalue weighted by atomic mass is 79.9. The molecule has 1 aromatic carbocycles. The molecule has 1 aliphatic rings. The van der Waals surface area contributed by atoms with Gasteiger partial charge in [0.2, 0.25) is 0 Å². The largest absolute Gasteiger partial charge is 0.346 e. The fourth-order valence-electron chi connectivity index (χ4n) is 2.60. The molecule has 0 atom stereocenters. The van der Waals surface area contributed by atoms with E-state index >= 15 is 0 Å². The van der Waals surface area contributed by atoms with Gasteiger partial charge in [0.1, 0.15) is 0 Å². The first-order chi connectivity index (χ1) is 8.11. The van der Waals surface area contributed by atoms with Crippen LogP contribution in [0.25, 0.3) is 10.9 Å². The quantitative estimate of drug-likeness (QED) is 0.724. The molecule has 5 heteroatoms. The molecule has 2 aromatic rings. The predicted octanol–water partition coefficient (Wildman–Crippen LogP) is 3.89. The van der Waals surface area contributed by atoms with Crippen molar-refractivity contribution >= 4 is 50.0 Å². The summed E-state index contributed by atoms with van der Waals surface area (Å²) in [6.45, 7) is 1.91. The Morgan fingerprint density at radius 1 is 1.41 bits per heavy atom. The molecule has 90 valence electrons. The molecular weight excluding hydrogens is 323 g/mol. The standard InChI is InChI=1S/C12H11BrCl2N2/c1-17-9-2-3-16-5-6(9)10-7(13)4-8(14)11(15)12(10)17/h4,16H,2-3,5H2,1H3. The van der Waals surface area contributed by atoms with Gasteiger partial charge >= 0.3 is 0 Å². The number of aromatic nitrogens is 1. The molecule has 2 nitrogen and oxygen atoms in total. The fraction of sp³-hybridized carbons (Fsp3) is 0.333. The molecule has 0 saturated heterocycles. The van der Waals surface area contributed by atoms with Crippen LogP contribution in [0.2, 0.25) is 10.0 Å². The zero-order chi connectivity index (χ0) is 12.2. The van der Waals surface area contributed by atoms with Crippen molar-refractivity contribution < 1.29 is 0 Å². The topological polar surface area (TPSA) is 17.0 Å². The number of rotatable bonds is 0. The molecule has 3 rings (SSSR count). The van der Waals surface area contributed by atoms with Gasteiger partial charge in [-0.15, -0.1) is 0 Å². The summed E-state index contributed by atoms with van der Waals surface area (Å²) in [4.78, 5) is 0. The van der Waals surface area contributed by atoms with Crippen LogP contribution in [-0.4, -0.2) is 11.1 Å². The van der Waals surface area contributed by atoms with E-state index in [-0.39, 0.29) is 0 Å². The fourth-order valence-corrected chi connectivity index (χ4v) is 3.86. The molecule has 1 aromatic heterocycles. The van der Waals surface area contributed by atoms with Gasteiger partial charge in [-0.1, -0.05) is 39.1 Å². The van der Waals surface area contributed by atoms with Crippen LogP contribution in [0.5, 0.6) is 0 Å². The van der Waals surface area contributed by atoms with E-state index in [0.29, 0.717) is 10.0 Å². The Hall–Kier alpha value is -0.220. The number of aryl methyl sites for hydroxylation is 1.